The van der Waals surface area contributed by atoms with E-state index in [9.17, 15) is 22.8 Å². The third kappa shape index (κ3) is 4.77. The number of anilines is 3. The number of ketones is 1. The highest BCUT2D eigenvalue weighted by molar-refractivity contribution is 7.18. The molecule has 1 aromatic heterocycles. The summed E-state index contributed by atoms with van der Waals surface area (Å²) in [5.41, 5.74) is 11.8. The van der Waals surface area contributed by atoms with Crippen molar-refractivity contribution in [3.05, 3.63) is 64.8 Å². The van der Waals surface area contributed by atoms with E-state index in [1.807, 2.05) is 0 Å². The number of nitrogens with zero attached hydrogens (tertiary/aromatic N) is 2. The first kappa shape index (κ1) is 22.1. The smallest absolute Gasteiger partial charge is 0.387 e. The van der Waals surface area contributed by atoms with Gasteiger partial charge in [0.2, 0.25) is 11.7 Å². The first-order valence-corrected chi connectivity index (χ1v) is 9.69. The molecule has 3 aromatic rings. The Labute approximate surface area is 179 Å². The van der Waals surface area contributed by atoms with Crippen molar-refractivity contribution in [2.45, 2.75) is 19.6 Å². The monoisotopic (exact) mass is 450 g/mol. The van der Waals surface area contributed by atoms with Gasteiger partial charge >= 0.3 is 6.61 Å². The number of thiazole rings is 1. The van der Waals surface area contributed by atoms with Crippen LogP contribution in [0.5, 0.6) is 5.75 Å². The summed E-state index contributed by atoms with van der Waals surface area (Å²) >= 11 is 0.891. The summed E-state index contributed by atoms with van der Waals surface area (Å²) in [6.07, 6.45) is 0. The van der Waals surface area contributed by atoms with Crippen molar-refractivity contribution in [1.29, 1.82) is 0 Å². The number of primary amides is 1. The molecule has 0 bridgehead atoms. The van der Waals surface area contributed by atoms with E-state index in [0.29, 0.717) is 5.56 Å². The summed E-state index contributed by atoms with van der Waals surface area (Å²) in [7, 11) is 0. The van der Waals surface area contributed by atoms with Gasteiger partial charge in [-0.25, -0.2) is 9.37 Å². The van der Waals surface area contributed by atoms with Gasteiger partial charge in [0.1, 0.15) is 16.7 Å². The minimum Gasteiger partial charge on any atom is -0.432 e. The average molecular weight is 450 g/mol. The highest BCUT2D eigenvalue weighted by Gasteiger charge is 2.28. The van der Waals surface area contributed by atoms with Crippen molar-refractivity contribution >= 4 is 39.7 Å². The molecule has 0 unspecified atom stereocenters. The second kappa shape index (κ2) is 9.04. The van der Waals surface area contributed by atoms with Crippen LogP contribution >= 0.6 is 11.3 Å². The lowest BCUT2D eigenvalue weighted by Crippen LogP contribution is -2.40. The number of carbonyl (C=O) groups is 2. The molecule has 31 heavy (non-hydrogen) atoms. The predicted molar refractivity (Wildman–Crippen MR) is 110 cm³/mol. The number of rotatable bonds is 8. The van der Waals surface area contributed by atoms with Crippen LogP contribution in [0.25, 0.3) is 0 Å². The van der Waals surface area contributed by atoms with Gasteiger partial charge < -0.3 is 21.1 Å². The molecule has 0 aliphatic rings. The number of nitrogen functional groups attached to an aromatic ring is 1. The van der Waals surface area contributed by atoms with Gasteiger partial charge in [-0.15, -0.1) is 0 Å². The molecule has 1 atom stereocenters. The van der Waals surface area contributed by atoms with Crippen LogP contribution in [0.2, 0.25) is 0 Å². The Morgan fingerprint density at radius 3 is 2.42 bits per heavy atom. The van der Waals surface area contributed by atoms with Gasteiger partial charge in [0, 0.05) is 17.3 Å². The Bertz CT molecular complexity index is 1110. The van der Waals surface area contributed by atoms with Crippen LogP contribution in [0, 0.1) is 5.82 Å². The van der Waals surface area contributed by atoms with E-state index in [2.05, 4.69) is 9.72 Å². The number of nitrogens with two attached hydrogens (primary N) is 2. The molecule has 11 heteroatoms. The van der Waals surface area contributed by atoms with E-state index >= 15 is 0 Å². The number of halogens is 3. The maximum Gasteiger partial charge on any atom is 0.387 e. The number of hydrogen-bond acceptors (Lipinski definition) is 7. The first-order chi connectivity index (χ1) is 14.7. The number of alkyl halides is 2. The Morgan fingerprint density at radius 1 is 1.16 bits per heavy atom. The molecule has 0 aliphatic carbocycles. The Morgan fingerprint density at radius 2 is 1.84 bits per heavy atom. The minimum absolute atomic E-state index is 0.0753. The zero-order valence-electron chi connectivity index (χ0n) is 16.1. The third-order valence-electron chi connectivity index (χ3n) is 4.30. The van der Waals surface area contributed by atoms with Gasteiger partial charge in [-0.2, -0.15) is 8.78 Å². The second-order valence-corrected chi connectivity index (χ2v) is 7.33. The topological polar surface area (TPSA) is 112 Å². The Kier molecular flexibility index (Phi) is 6.44. The SMILES string of the molecule is C[C@H](C(N)=O)N(c1ccc(OC(F)F)c(F)c1)c1nc(N)c(C(=O)c2ccccc2)s1. The van der Waals surface area contributed by atoms with Crippen molar-refractivity contribution in [3.63, 3.8) is 0 Å². The van der Waals surface area contributed by atoms with Crippen LogP contribution in [0.3, 0.4) is 0 Å². The molecule has 0 saturated carbocycles. The lowest BCUT2D eigenvalue weighted by Gasteiger charge is -2.27. The summed E-state index contributed by atoms with van der Waals surface area (Å²) in [6.45, 7) is -1.76. The molecule has 0 saturated heterocycles. The Hall–Kier alpha value is -3.60. The molecular formula is C20H17F3N4O3S. The molecule has 2 aromatic carbocycles. The predicted octanol–water partition coefficient (Wildman–Crippen LogP) is 3.71. The van der Waals surface area contributed by atoms with Gasteiger partial charge in [0.15, 0.2) is 16.7 Å². The molecule has 162 valence electrons. The van der Waals surface area contributed by atoms with Crippen molar-refractivity contribution in [3.8, 4) is 5.75 Å². The molecular weight excluding hydrogens is 433 g/mol. The standard InChI is InChI=1S/C20H17F3N4O3S/c1-10(18(25)29)27(12-7-8-14(13(21)9-12)30-19(22)23)20-26-17(24)16(31-20)15(28)11-5-3-2-4-6-11/h2-10,19H,24H2,1H3,(H2,25,29)/t10-/m1/s1. The maximum atomic E-state index is 14.3. The fourth-order valence-electron chi connectivity index (χ4n) is 2.76. The van der Waals surface area contributed by atoms with Crippen molar-refractivity contribution < 1.29 is 27.5 Å². The van der Waals surface area contributed by atoms with Crippen molar-refractivity contribution in [2.24, 2.45) is 5.73 Å². The first-order valence-electron chi connectivity index (χ1n) is 8.88. The summed E-state index contributed by atoms with van der Waals surface area (Å²) in [4.78, 5) is 30.2. The van der Waals surface area contributed by atoms with Crippen LogP contribution in [0.4, 0.5) is 29.8 Å². The molecule has 0 spiro atoms. The minimum atomic E-state index is -3.20. The number of aromatic nitrogens is 1. The van der Waals surface area contributed by atoms with Gasteiger partial charge in [0.05, 0.1) is 0 Å². The lowest BCUT2D eigenvalue weighted by molar-refractivity contribution is -0.118. The normalized spacial score (nSPS) is 11.9. The maximum absolute atomic E-state index is 14.3. The fraction of sp³-hybridized carbons (Fsp3) is 0.150. The van der Waals surface area contributed by atoms with E-state index in [0.717, 1.165) is 23.5 Å². The van der Waals surface area contributed by atoms with Crippen LogP contribution in [0.1, 0.15) is 22.2 Å². The van der Waals surface area contributed by atoms with Gasteiger partial charge in [0.25, 0.3) is 0 Å². The van der Waals surface area contributed by atoms with Crippen molar-refractivity contribution in [2.75, 3.05) is 10.6 Å². The third-order valence-corrected chi connectivity index (χ3v) is 5.37. The number of hydrogen-bond donors (Lipinski definition) is 2. The fourth-order valence-corrected chi connectivity index (χ4v) is 3.81. The van der Waals surface area contributed by atoms with E-state index in [4.69, 9.17) is 11.5 Å². The molecule has 0 aliphatic heterocycles. The number of carbonyl (C=O) groups excluding carboxylic acids is 2. The second-order valence-electron chi connectivity index (χ2n) is 6.35. The van der Waals surface area contributed by atoms with Crippen LogP contribution < -0.4 is 21.1 Å². The van der Waals surface area contributed by atoms with Crippen LogP contribution in [-0.4, -0.2) is 29.3 Å². The molecule has 1 amide bonds. The van der Waals surface area contributed by atoms with Gasteiger partial charge in [-0.05, 0) is 19.1 Å². The molecule has 0 fully saturated rings. The Balaban J connectivity index is 2.04. The number of ether oxygens (including phenoxy) is 1. The summed E-state index contributed by atoms with van der Waals surface area (Å²) < 4.78 is 43.2. The largest absolute Gasteiger partial charge is 0.432 e. The average Bonchev–Trinajstić information content (AvgIpc) is 3.10. The van der Waals surface area contributed by atoms with E-state index in [1.54, 1.807) is 30.3 Å². The zero-order valence-corrected chi connectivity index (χ0v) is 16.9. The summed E-state index contributed by atoms with van der Waals surface area (Å²) in [6, 6.07) is 10.5. The highest BCUT2D eigenvalue weighted by atomic mass is 32.1. The van der Waals surface area contributed by atoms with Gasteiger partial charge in [-0.1, -0.05) is 41.7 Å². The van der Waals surface area contributed by atoms with E-state index in [-0.39, 0.29) is 27.3 Å². The number of amides is 1. The molecule has 4 N–H and O–H groups in total. The number of benzene rings is 2. The molecule has 3 rings (SSSR count). The quantitative estimate of drug-likeness (QED) is 0.506. The summed E-state index contributed by atoms with van der Waals surface area (Å²) in [5.74, 6) is -2.96. The lowest BCUT2D eigenvalue weighted by atomic mass is 10.1. The van der Waals surface area contributed by atoms with Crippen LogP contribution in [0.15, 0.2) is 48.5 Å². The van der Waals surface area contributed by atoms with Crippen LogP contribution in [-0.2, 0) is 4.79 Å². The van der Waals surface area contributed by atoms with E-state index in [1.165, 1.54) is 17.9 Å². The zero-order chi connectivity index (χ0) is 22.7. The summed E-state index contributed by atoms with van der Waals surface area (Å²) in [5, 5.41) is 0.102. The van der Waals surface area contributed by atoms with E-state index < -0.39 is 30.1 Å². The molecule has 7 nitrogen and oxygen atoms in total. The molecule has 0 radical (unpaired) electrons. The molecule has 1 heterocycles. The van der Waals surface area contributed by atoms with Gasteiger partial charge in [-0.3, -0.25) is 9.59 Å². The highest BCUT2D eigenvalue weighted by Crippen LogP contribution is 2.37. The van der Waals surface area contributed by atoms with Crippen molar-refractivity contribution in [1.82, 2.24) is 4.98 Å².